The van der Waals surface area contributed by atoms with E-state index in [9.17, 15) is 41.8 Å². The van der Waals surface area contributed by atoms with Crippen LogP contribution in [-0.2, 0) is 17.0 Å². The number of aromatic amines is 2. The number of pyridine rings is 2. The maximum absolute atomic E-state index is 14.8. The van der Waals surface area contributed by atoms with Crippen molar-refractivity contribution >= 4 is 50.7 Å². The van der Waals surface area contributed by atoms with Gasteiger partial charge >= 0.3 is 6.18 Å². The van der Waals surface area contributed by atoms with Gasteiger partial charge in [0.2, 0.25) is 10.9 Å². The van der Waals surface area contributed by atoms with E-state index in [-0.39, 0.29) is 33.4 Å². The summed E-state index contributed by atoms with van der Waals surface area (Å²) >= 11 is 0. The number of alkyl halides is 3. The number of carbonyl (C=O) groups excluding carboxylic acids is 2. The molecule has 8 rings (SSSR count). The van der Waals surface area contributed by atoms with Gasteiger partial charge in [0.05, 0.1) is 16.6 Å². The Hall–Kier alpha value is -6.44. The number of phenols is 1. The van der Waals surface area contributed by atoms with Crippen LogP contribution in [0.1, 0.15) is 110 Å². The molecule has 5 N–H and O–H groups in total. The first-order valence-corrected chi connectivity index (χ1v) is 20.7. The number of fused-ring (bicyclic) bond motifs is 2. The molecule has 62 heavy (non-hydrogen) atoms. The van der Waals surface area contributed by atoms with Crippen LogP contribution in [0.5, 0.6) is 5.75 Å². The van der Waals surface area contributed by atoms with Gasteiger partial charge in [0, 0.05) is 64.9 Å². The highest BCUT2D eigenvalue weighted by molar-refractivity contribution is 6.07. The van der Waals surface area contributed by atoms with Crippen LogP contribution in [0.25, 0.3) is 21.8 Å². The average molecular weight is 852 g/mol. The van der Waals surface area contributed by atoms with Gasteiger partial charge in [-0.25, -0.2) is 4.39 Å². The molecule has 2 fully saturated rings. The molecular weight excluding hydrogens is 803 g/mol. The summed E-state index contributed by atoms with van der Waals surface area (Å²) in [5.74, 6) is -2.49. The molecule has 10 nitrogen and oxygen atoms in total. The maximum atomic E-state index is 14.8. The summed E-state index contributed by atoms with van der Waals surface area (Å²) < 4.78 is 54.9. The Balaban J connectivity index is 0.000000188. The Kier molecular flexibility index (Phi) is 12.1. The molecule has 4 aromatic carbocycles. The Labute approximate surface area is 355 Å². The van der Waals surface area contributed by atoms with Crippen LogP contribution in [0, 0.1) is 5.82 Å². The molecule has 0 unspecified atom stereocenters. The number of aromatic nitrogens is 2. The highest BCUT2D eigenvalue weighted by atomic mass is 19.4. The number of hydrogen-bond donors (Lipinski definition) is 5. The number of anilines is 3. The van der Waals surface area contributed by atoms with Crippen LogP contribution in [0.15, 0.2) is 94.8 Å². The Bertz CT molecular complexity index is 2800. The van der Waals surface area contributed by atoms with E-state index < -0.39 is 51.2 Å². The first-order valence-electron chi connectivity index (χ1n) is 20.7. The third-order valence-electron chi connectivity index (χ3n) is 11.9. The lowest BCUT2D eigenvalue weighted by Crippen LogP contribution is -2.26. The van der Waals surface area contributed by atoms with Gasteiger partial charge in [-0.2, -0.15) is 13.2 Å². The zero-order valence-corrected chi connectivity index (χ0v) is 35.0. The monoisotopic (exact) mass is 851 g/mol. The minimum absolute atomic E-state index is 0.00988. The minimum Gasteiger partial charge on any atom is -0.508 e. The number of halogens is 4. The van der Waals surface area contributed by atoms with E-state index in [0.29, 0.717) is 16.6 Å². The SMILES string of the molecule is CC(C)(C)c1ccc(NC(=O)c2c[nH]c3ccccc3c2=O)cc1N1CCCC1.CC1(c2cc(F)c(NC(=O)c3c[nH]c4cccc(C(F)(F)F)c4c3=O)cc2O)CCCCC1. The zero-order chi connectivity index (χ0) is 44.6. The van der Waals surface area contributed by atoms with E-state index in [0.717, 1.165) is 75.1 Å². The van der Waals surface area contributed by atoms with E-state index in [1.807, 2.05) is 31.2 Å². The van der Waals surface area contributed by atoms with Crippen LogP contribution in [0.3, 0.4) is 0 Å². The lowest BCUT2D eigenvalue weighted by Gasteiger charge is -2.34. The number of para-hydroxylation sites is 1. The molecule has 3 heterocycles. The second-order valence-electron chi connectivity index (χ2n) is 17.4. The van der Waals surface area contributed by atoms with Gasteiger partial charge in [0.25, 0.3) is 11.8 Å². The summed E-state index contributed by atoms with van der Waals surface area (Å²) in [7, 11) is 0. The van der Waals surface area contributed by atoms with Crippen molar-refractivity contribution in [1.82, 2.24) is 9.97 Å². The summed E-state index contributed by atoms with van der Waals surface area (Å²) in [5, 5.41) is 15.5. The molecule has 2 aliphatic rings. The molecule has 1 saturated heterocycles. The molecule has 324 valence electrons. The van der Waals surface area contributed by atoms with E-state index in [1.54, 1.807) is 12.1 Å². The number of nitrogens with one attached hydrogen (secondary N) is 4. The van der Waals surface area contributed by atoms with Gasteiger partial charge in [0.1, 0.15) is 22.7 Å². The number of hydrogen-bond acceptors (Lipinski definition) is 6. The number of phenolic OH excluding ortho intramolecular Hbond substituents is 1. The number of amides is 2. The summed E-state index contributed by atoms with van der Waals surface area (Å²) in [6, 6.07) is 18.7. The second-order valence-corrected chi connectivity index (χ2v) is 17.4. The fourth-order valence-corrected chi connectivity index (χ4v) is 8.60. The molecule has 1 aliphatic heterocycles. The molecule has 6 aromatic rings. The second kappa shape index (κ2) is 17.1. The quantitative estimate of drug-likeness (QED) is 0.105. The normalized spacial score (nSPS) is 15.3. The molecule has 1 saturated carbocycles. The van der Waals surface area contributed by atoms with Crippen LogP contribution in [0.2, 0.25) is 0 Å². The molecule has 2 aromatic heterocycles. The molecular formula is C48H49F4N5O5. The number of carbonyl (C=O) groups is 2. The third kappa shape index (κ3) is 8.95. The maximum Gasteiger partial charge on any atom is 0.417 e. The Morgan fingerprint density at radius 1 is 0.742 bits per heavy atom. The average Bonchev–Trinajstić information content (AvgIpc) is 3.77. The van der Waals surface area contributed by atoms with Gasteiger partial charge in [-0.15, -0.1) is 0 Å². The van der Waals surface area contributed by atoms with Gasteiger partial charge in [-0.05, 0) is 84.5 Å². The van der Waals surface area contributed by atoms with Crippen molar-refractivity contribution in [1.29, 1.82) is 0 Å². The summed E-state index contributed by atoms with van der Waals surface area (Å²) in [4.78, 5) is 59.0. The van der Waals surface area contributed by atoms with E-state index in [1.165, 1.54) is 42.4 Å². The van der Waals surface area contributed by atoms with Crippen molar-refractivity contribution in [3.63, 3.8) is 0 Å². The lowest BCUT2D eigenvalue weighted by atomic mass is 9.70. The zero-order valence-electron chi connectivity index (χ0n) is 35.0. The van der Waals surface area contributed by atoms with E-state index >= 15 is 0 Å². The molecule has 0 bridgehead atoms. The van der Waals surface area contributed by atoms with Crippen LogP contribution < -0.4 is 26.4 Å². The number of H-pyrrole nitrogens is 2. The summed E-state index contributed by atoms with van der Waals surface area (Å²) in [6.45, 7) is 10.6. The van der Waals surface area contributed by atoms with Crippen molar-refractivity contribution in [2.75, 3.05) is 28.6 Å². The molecule has 0 radical (unpaired) electrons. The van der Waals surface area contributed by atoms with Crippen LogP contribution in [-0.4, -0.2) is 40.0 Å². The summed E-state index contributed by atoms with van der Waals surface area (Å²) in [5.41, 5.74) is 0.398. The van der Waals surface area contributed by atoms with Crippen molar-refractivity contribution in [2.45, 2.75) is 89.6 Å². The predicted molar refractivity (Wildman–Crippen MR) is 235 cm³/mol. The van der Waals surface area contributed by atoms with Gasteiger partial charge in [-0.1, -0.05) is 71.2 Å². The van der Waals surface area contributed by atoms with E-state index in [2.05, 4.69) is 52.3 Å². The number of aromatic hydroxyl groups is 1. The standard InChI is InChI=1S/C24H22F4N2O3.C24H27N3O2/c1-23(8-3-2-4-9-23)15-10-16(25)18(11-19(15)31)30-22(33)13-12-29-17-7-5-6-14(24(26,27)28)20(17)21(13)32;1-24(2,3)19-11-10-16(14-21(19)27-12-6-7-13-27)26-23(29)18-15-25-20-9-5-4-8-17(20)22(18)28/h5-7,10-12,31H,2-4,8-9H2,1H3,(H,29,32)(H,30,33);4-5,8-11,14-15H,6-7,12-13H2,1-3H3,(H,25,28)(H,26,29). The number of rotatable bonds is 6. The minimum atomic E-state index is -4.80. The van der Waals surface area contributed by atoms with Crippen molar-refractivity contribution in [3.8, 4) is 5.75 Å². The fourth-order valence-electron chi connectivity index (χ4n) is 8.60. The molecule has 0 atom stereocenters. The predicted octanol–water partition coefficient (Wildman–Crippen LogP) is 10.5. The van der Waals surface area contributed by atoms with Crippen molar-refractivity contribution < 1.29 is 32.3 Å². The molecule has 0 spiro atoms. The Morgan fingerprint density at radius 3 is 2.05 bits per heavy atom. The van der Waals surface area contributed by atoms with E-state index in [4.69, 9.17) is 0 Å². The summed E-state index contributed by atoms with van der Waals surface area (Å²) in [6.07, 6.45) is 4.62. The first kappa shape index (κ1) is 43.6. The number of benzene rings is 4. The van der Waals surface area contributed by atoms with Crippen molar-refractivity contribution in [3.05, 3.63) is 139 Å². The van der Waals surface area contributed by atoms with Crippen LogP contribution >= 0.6 is 0 Å². The largest absolute Gasteiger partial charge is 0.508 e. The molecule has 14 heteroatoms. The highest BCUT2D eigenvalue weighted by Gasteiger charge is 2.35. The molecule has 2 amide bonds. The number of nitrogens with zero attached hydrogens (tertiary/aromatic N) is 1. The fraction of sp³-hybridized carbons (Fsp3) is 0.333. The highest BCUT2D eigenvalue weighted by Crippen LogP contribution is 2.44. The van der Waals surface area contributed by atoms with Gasteiger partial charge in [0.15, 0.2) is 0 Å². The topological polar surface area (TPSA) is 147 Å². The first-order chi connectivity index (χ1) is 29.4. The molecule has 1 aliphatic carbocycles. The van der Waals surface area contributed by atoms with Crippen molar-refractivity contribution in [2.24, 2.45) is 0 Å². The smallest absolute Gasteiger partial charge is 0.417 e. The van der Waals surface area contributed by atoms with Gasteiger partial charge in [-0.3, -0.25) is 19.2 Å². The Morgan fingerprint density at radius 2 is 1.37 bits per heavy atom. The van der Waals surface area contributed by atoms with Gasteiger partial charge < -0.3 is 30.6 Å². The lowest BCUT2D eigenvalue weighted by molar-refractivity contribution is -0.136. The van der Waals surface area contributed by atoms with Crippen LogP contribution in [0.4, 0.5) is 34.6 Å². The third-order valence-corrected chi connectivity index (χ3v) is 11.9.